The van der Waals surface area contributed by atoms with E-state index in [1.165, 1.54) is 5.56 Å². The highest BCUT2D eigenvalue weighted by atomic mass is 16.2. The molecule has 28 heavy (non-hydrogen) atoms. The number of benzene rings is 2. The van der Waals surface area contributed by atoms with Gasteiger partial charge in [0.2, 0.25) is 11.8 Å². The van der Waals surface area contributed by atoms with E-state index in [0.717, 1.165) is 24.1 Å². The Kier molecular flexibility index (Phi) is 6.18. The standard InChI is InChI=1S/C24H30N2O2/c1-24(2,3)20-13-7-8-14-21(20)26-17-19(16-22(26)27)23(28)25-15-9-12-18-10-5-4-6-11-18/h4-8,10-11,13-14,19H,9,12,15-17H2,1-3H3,(H,25,28). The van der Waals surface area contributed by atoms with Gasteiger partial charge in [-0.15, -0.1) is 0 Å². The van der Waals surface area contributed by atoms with Gasteiger partial charge < -0.3 is 10.2 Å². The van der Waals surface area contributed by atoms with Crippen LogP contribution in [0.25, 0.3) is 0 Å². The Morgan fingerprint density at radius 3 is 2.46 bits per heavy atom. The van der Waals surface area contributed by atoms with Crippen LogP contribution in [0.15, 0.2) is 54.6 Å². The molecule has 1 unspecified atom stereocenters. The lowest BCUT2D eigenvalue weighted by molar-refractivity contribution is -0.126. The summed E-state index contributed by atoms with van der Waals surface area (Å²) in [5.74, 6) is -0.268. The summed E-state index contributed by atoms with van der Waals surface area (Å²) in [4.78, 5) is 27.0. The highest BCUT2D eigenvalue weighted by Gasteiger charge is 2.36. The Hall–Kier alpha value is -2.62. The number of amides is 2. The van der Waals surface area contributed by atoms with Gasteiger partial charge in [-0.05, 0) is 35.4 Å². The molecule has 1 N–H and O–H groups in total. The van der Waals surface area contributed by atoms with Crippen LogP contribution in [0, 0.1) is 5.92 Å². The van der Waals surface area contributed by atoms with Crippen LogP contribution in [0.4, 0.5) is 5.69 Å². The van der Waals surface area contributed by atoms with Crippen LogP contribution < -0.4 is 10.2 Å². The maximum absolute atomic E-state index is 12.6. The largest absolute Gasteiger partial charge is 0.356 e. The van der Waals surface area contributed by atoms with Gasteiger partial charge in [0.1, 0.15) is 0 Å². The number of anilines is 1. The number of hydrogen-bond acceptors (Lipinski definition) is 2. The van der Waals surface area contributed by atoms with Crippen molar-refractivity contribution < 1.29 is 9.59 Å². The Bertz CT molecular complexity index is 824. The molecule has 2 amide bonds. The fourth-order valence-electron chi connectivity index (χ4n) is 3.75. The van der Waals surface area contributed by atoms with Crippen molar-refractivity contribution >= 4 is 17.5 Å². The number of nitrogens with zero attached hydrogens (tertiary/aromatic N) is 1. The second-order valence-corrected chi connectivity index (χ2v) is 8.55. The maximum Gasteiger partial charge on any atom is 0.227 e. The van der Waals surface area contributed by atoms with Crippen molar-refractivity contribution in [2.75, 3.05) is 18.0 Å². The summed E-state index contributed by atoms with van der Waals surface area (Å²) < 4.78 is 0. The number of rotatable bonds is 6. The second-order valence-electron chi connectivity index (χ2n) is 8.55. The first kappa shape index (κ1) is 20.1. The van der Waals surface area contributed by atoms with Crippen molar-refractivity contribution in [3.8, 4) is 0 Å². The fraction of sp³-hybridized carbons (Fsp3) is 0.417. The molecule has 3 rings (SSSR count). The lowest BCUT2D eigenvalue weighted by Crippen LogP contribution is -2.34. The molecule has 0 radical (unpaired) electrons. The first-order valence-electron chi connectivity index (χ1n) is 10.1. The summed E-state index contributed by atoms with van der Waals surface area (Å²) in [5, 5.41) is 3.01. The van der Waals surface area contributed by atoms with Gasteiger partial charge in [0.15, 0.2) is 0 Å². The van der Waals surface area contributed by atoms with Gasteiger partial charge in [-0.2, -0.15) is 0 Å². The SMILES string of the molecule is CC(C)(C)c1ccccc1N1CC(C(=O)NCCCc2ccccc2)CC1=O. The molecule has 1 saturated heterocycles. The first-order chi connectivity index (χ1) is 13.4. The van der Waals surface area contributed by atoms with E-state index in [0.29, 0.717) is 13.1 Å². The number of para-hydroxylation sites is 1. The zero-order valence-corrected chi connectivity index (χ0v) is 17.1. The Morgan fingerprint density at radius 2 is 1.75 bits per heavy atom. The highest BCUT2D eigenvalue weighted by molar-refractivity contribution is 6.01. The Balaban J connectivity index is 1.56. The summed E-state index contributed by atoms with van der Waals surface area (Å²) in [6.45, 7) is 7.52. The number of nitrogens with one attached hydrogen (secondary N) is 1. The van der Waals surface area contributed by atoms with Crippen LogP contribution in [0.5, 0.6) is 0 Å². The minimum absolute atomic E-state index is 0.0165. The van der Waals surface area contributed by atoms with Crippen molar-refractivity contribution in [2.45, 2.75) is 45.4 Å². The molecule has 4 heteroatoms. The van der Waals surface area contributed by atoms with Crippen LogP contribution in [0.1, 0.15) is 44.7 Å². The molecular formula is C24H30N2O2. The molecule has 4 nitrogen and oxygen atoms in total. The van der Waals surface area contributed by atoms with Crippen LogP contribution in [-0.4, -0.2) is 24.9 Å². The van der Waals surface area contributed by atoms with Crippen molar-refractivity contribution in [1.82, 2.24) is 5.32 Å². The van der Waals surface area contributed by atoms with E-state index in [1.54, 1.807) is 4.90 Å². The molecule has 2 aromatic carbocycles. The summed E-state index contributed by atoms with van der Waals surface area (Å²) >= 11 is 0. The molecule has 148 valence electrons. The average molecular weight is 379 g/mol. The summed E-state index contributed by atoms with van der Waals surface area (Å²) in [7, 11) is 0. The van der Waals surface area contributed by atoms with Crippen LogP contribution in [-0.2, 0) is 21.4 Å². The molecule has 1 aliphatic rings. The average Bonchev–Trinajstić information content (AvgIpc) is 3.07. The Morgan fingerprint density at radius 1 is 1.07 bits per heavy atom. The van der Waals surface area contributed by atoms with Gasteiger partial charge in [-0.1, -0.05) is 69.3 Å². The van der Waals surface area contributed by atoms with Crippen LogP contribution in [0.2, 0.25) is 0 Å². The normalized spacial score (nSPS) is 17.0. The van der Waals surface area contributed by atoms with E-state index in [2.05, 4.69) is 44.3 Å². The van der Waals surface area contributed by atoms with Crippen molar-refractivity contribution in [3.63, 3.8) is 0 Å². The maximum atomic E-state index is 12.6. The second kappa shape index (κ2) is 8.59. The number of carbonyl (C=O) groups excluding carboxylic acids is 2. The van der Waals surface area contributed by atoms with Crippen LogP contribution in [0.3, 0.4) is 0 Å². The zero-order valence-electron chi connectivity index (χ0n) is 17.1. The van der Waals surface area contributed by atoms with Gasteiger partial charge >= 0.3 is 0 Å². The van der Waals surface area contributed by atoms with E-state index >= 15 is 0 Å². The third-order valence-electron chi connectivity index (χ3n) is 5.28. The number of aryl methyl sites for hydroxylation is 1. The fourth-order valence-corrected chi connectivity index (χ4v) is 3.75. The van der Waals surface area contributed by atoms with Crippen molar-refractivity contribution in [2.24, 2.45) is 5.92 Å². The summed E-state index contributed by atoms with van der Waals surface area (Å²) in [6, 6.07) is 18.3. The lowest BCUT2D eigenvalue weighted by atomic mass is 9.85. The van der Waals surface area contributed by atoms with Gasteiger partial charge in [0.05, 0.1) is 5.92 Å². The minimum Gasteiger partial charge on any atom is -0.356 e. The number of carbonyl (C=O) groups is 2. The predicted octanol–water partition coefficient (Wildman–Crippen LogP) is 4.09. The topological polar surface area (TPSA) is 49.4 Å². The molecular weight excluding hydrogens is 348 g/mol. The molecule has 0 aliphatic carbocycles. The van der Waals surface area contributed by atoms with Crippen LogP contribution >= 0.6 is 0 Å². The molecule has 1 atom stereocenters. The van der Waals surface area contributed by atoms with E-state index in [4.69, 9.17) is 0 Å². The van der Waals surface area contributed by atoms with Gasteiger partial charge in [0, 0.05) is 25.2 Å². The molecule has 0 spiro atoms. The van der Waals surface area contributed by atoms with E-state index in [9.17, 15) is 9.59 Å². The molecule has 0 bridgehead atoms. The highest BCUT2D eigenvalue weighted by Crippen LogP contribution is 2.35. The molecule has 1 fully saturated rings. The molecule has 0 aromatic heterocycles. The zero-order chi connectivity index (χ0) is 20.1. The Labute approximate surface area is 167 Å². The predicted molar refractivity (Wildman–Crippen MR) is 113 cm³/mol. The first-order valence-corrected chi connectivity index (χ1v) is 10.1. The summed E-state index contributed by atoms with van der Waals surface area (Å²) in [6.07, 6.45) is 2.12. The molecule has 0 saturated carbocycles. The third kappa shape index (κ3) is 4.80. The van der Waals surface area contributed by atoms with E-state index in [1.807, 2.05) is 36.4 Å². The minimum atomic E-state index is -0.280. The van der Waals surface area contributed by atoms with E-state index in [-0.39, 0.29) is 29.6 Å². The van der Waals surface area contributed by atoms with Gasteiger partial charge in [-0.3, -0.25) is 9.59 Å². The third-order valence-corrected chi connectivity index (χ3v) is 5.28. The van der Waals surface area contributed by atoms with Gasteiger partial charge in [-0.25, -0.2) is 0 Å². The lowest BCUT2D eigenvalue weighted by Gasteiger charge is -2.27. The molecule has 1 heterocycles. The van der Waals surface area contributed by atoms with E-state index < -0.39 is 0 Å². The molecule has 1 aliphatic heterocycles. The smallest absolute Gasteiger partial charge is 0.227 e. The van der Waals surface area contributed by atoms with Gasteiger partial charge in [0.25, 0.3) is 0 Å². The number of hydrogen-bond donors (Lipinski definition) is 1. The molecule has 2 aromatic rings. The van der Waals surface area contributed by atoms with Crippen molar-refractivity contribution in [3.05, 3.63) is 65.7 Å². The quantitative estimate of drug-likeness (QED) is 0.770. The monoisotopic (exact) mass is 378 g/mol. The van der Waals surface area contributed by atoms with Crippen molar-refractivity contribution in [1.29, 1.82) is 0 Å². The summed E-state index contributed by atoms with van der Waals surface area (Å²) in [5.41, 5.74) is 3.28.